The lowest BCUT2D eigenvalue weighted by atomic mass is 10.1. The molecule has 2 aromatic carbocycles. The van der Waals surface area contributed by atoms with Crippen LogP contribution in [-0.4, -0.2) is 12.0 Å². The van der Waals surface area contributed by atoms with Gasteiger partial charge in [-0.2, -0.15) is 0 Å². The smallest absolute Gasteiger partial charge is 0.336 e. The van der Waals surface area contributed by atoms with Crippen molar-refractivity contribution in [3.05, 3.63) is 68.2 Å². The van der Waals surface area contributed by atoms with Crippen LogP contribution in [-0.2, 0) is 4.79 Å². The molecule has 1 atom stereocenters. The van der Waals surface area contributed by atoms with Gasteiger partial charge in [0.1, 0.15) is 17.1 Å². The summed E-state index contributed by atoms with van der Waals surface area (Å²) < 4.78 is 23.9. The van der Waals surface area contributed by atoms with Crippen molar-refractivity contribution < 1.29 is 18.3 Å². The van der Waals surface area contributed by atoms with Crippen molar-refractivity contribution in [1.29, 1.82) is 0 Å². The number of hydrogen-bond donors (Lipinski definition) is 1. The van der Waals surface area contributed by atoms with Gasteiger partial charge in [-0.3, -0.25) is 4.79 Å². The predicted molar refractivity (Wildman–Crippen MR) is 102 cm³/mol. The van der Waals surface area contributed by atoms with Gasteiger partial charge in [0.05, 0.1) is 15.7 Å². The molecule has 0 unspecified atom stereocenters. The fraction of sp³-hybridized carbons (Fsp3) is 0.158. The van der Waals surface area contributed by atoms with Crippen LogP contribution in [0.25, 0.3) is 11.0 Å². The molecule has 140 valence electrons. The Morgan fingerprint density at radius 1 is 1.19 bits per heavy atom. The molecule has 0 spiro atoms. The van der Waals surface area contributed by atoms with E-state index in [1.807, 2.05) is 0 Å². The zero-order valence-electron chi connectivity index (χ0n) is 14.3. The Bertz CT molecular complexity index is 1100. The summed E-state index contributed by atoms with van der Waals surface area (Å²) in [6.45, 7) is 3.28. The van der Waals surface area contributed by atoms with E-state index in [9.17, 15) is 14.0 Å². The second kappa shape index (κ2) is 7.58. The predicted octanol–water partition coefficient (Wildman–Crippen LogP) is 4.95. The lowest BCUT2D eigenvalue weighted by Gasteiger charge is -2.16. The molecule has 1 amide bonds. The molecule has 5 nitrogen and oxygen atoms in total. The summed E-state index contributed by atoms with van der Waals surface area (Å²) in [6.07, 6.45) is -0.947. The van der Waals surface area contributed by atoms with Gasteiger partial charge < -0.3 is 14.5 Å². The van der Waals surface area contributed by atoms with Gasteiger partial charge in [-0.05, 0) is 43.7 Å². The standard InChI is InChI=1S/C19H14Cl2FNO4/c1-9-5-18(24)27-16-8-17(14(21)7-12(9)16)26-10(2)19(25)23-15-4-3-11(22)6-13(15)20/h3-8,10H,1-2H3,(H,23,25)/t10-/m1/s1. The van der Waals surface area contributed by atoms with E-state index < -0.39 is 23.5 Å². The van der Waals surface area contributed by atoms with Crippen LogP contribution in [0.1, 0.15) is 12.5 Å². The van der Waals surface area contributed by atoms with E-state index in [4.69, 9.17) is 32.4 Å². The van der Waals surface area contributed by atoms with E-state index in [2.05, 4.69) is 5.32 Å². The summed E-state index contributed by atoms with van der Waals surface area (Å²) in [5.74, 6) is -0.835. The van der Waals surface area contributed by atoms with E-state index in [0.717, 1.165) is 6.07 Å². The van der Waals surface area contributed by atoms with Crippen LogP contribution in [0, 0.1) is 12.7 Å². The maximum Gasteiger partial charge on any atom is 0.336 e. The number of benzene rings is 2. The highest BCUT2D eigenvalue weighted by molar-refractivity contribution is 6.34. The maximum atomic E-state index is 13.1. The van der Waals surface area contributed by atoms with Crippen molar-refractivity contribution in [2.45, 2.75) is 20.0 Å². The van der Waals surface area contributed by atoms with Crippen LogP contribution in [0.15, 0.2) is 45.6 Å². The van der Waals surface area contributed by atoms with E-state index >= 15 is 0 Å². The normalized spacial score (nSPS) is 12.0. The first kappa shape index (κ1) is 19.2. The number of aryl methyl sites for hydroxylation is 1. The molecule has 0 radical (unpaired) electrons. The number of anilines is 1. The SMILES string of the molecule is Cc1cc(=O)oc2cc(O[C@H](C)C(=O)Nc3ccc(F)cc3Cl)c(Cl)cc12. The van der Waals surface area contributed by atoms with Crippen LogP contribution in [0.3, 0.4) is 0 Å². The molecule has 1 heterocycles. The molecule has 0 bridgehead atoms. The Morgan fingerprint density at radius 3 is 2.63 bits per heavy atom. The van der Waals surface area contributed by atoms with Gasteiger partial charge in [0.2, 0.25) is 0 Å². The molecule has 0 aliphatic carbocycles. The van der Waals surface area contributed by atoms with Crippen molar-refractivity contribution in [3.8, 4) is 5.75 Å². The molecular formula is C19H14Cl2FNO4. The first-order valence-corrected chi connectivity index (χ1v) is 8.67. The van der Waals surface area contributed by atoms with E-state index in [0.29, 0.717) is 16.5 Å². The van der Waals surface area contributed by atoms with Crippen LogP contribution in [0.2, 0.25) is 10.0 Å². The van der Waals surface area contributed by atoms with Crippen molar-refractivity contribution in [2.75, 3.05) is 5.32 Å². The highest BCUT2D eigenvalue weighted by atomic mass is 35.5. The molecule has 0 saturated heterocycles. The highest BCUT2D eigenvalue weighted by Crippen LogP contribution is 2.32. The minimum absolute atomic E-state index is 0.0662. The van der Waals surface area contributed by atoms with Gasteiger partial charge in [0.15, 0.2) is 6.10 Å². The fourth-order valence-electron chi connectivity index (χ4n) is 2.48. The zero-order valence-corrected chi connectivity index (χ0v) is 15.8. The van der Waals surface area contributed by atoms with Crippen LogP contribution in [0.5, 0.6) is 5.75 Å². The van der Waals surface area contributed by atoms with E-state index in [1.54, 1.807) is 13.0 Å². The minimum atomic E-state index is -0.947. The van der Waals surface area contributed by atoms with Gasteiger partial charge in [-0.25, -0.2) is 9.18 Å². The molecular weight excluding hydrogens is 396 g/mol. The Balaban J connectivity index is 1.82. The van der Waals surface area contributed by atoms with E-state index in [-0.39, 0.29) is 21.5 Å². The topological polar surface area (TPSA) is 68.5 Å². The highest BCUT2D eigenvalue weighted by Gasteiger charge is 2.19. The molecule has 27 heavy (non-hydrogen) atoms. The third kappa shape index (κ3) is 4.23. The molecule has 0 fully saturated rings. The number of fused-ring (bicyclic) bond motifs is 1. The van der Waals surface area contributed by atoms with Crippen molar-refractivity contribution >= 4 is 45.8 Å². The number of ether oxygens (including phenoxy) is 1. The van der Waals surface area contributed by atoms with Crippen LogP contribution < -0.4 is 15.7 Å². The Kier molecular flexibility index (Phi) is 5.39. The number of nitrogens with one attached hydrogen (secondary N) is 1. The summed E-state index contributed by atoms with van der Waals surface area (Å²) >= 11 is 12.1. The van der Waals surface area contributed by atoms with Crippen molar-refractivity contribution in [1.82, 2.24) is 0 Å². The van der Waals surface area contributed by atoms with Gasteiger partial charge in [-0.15, -0.1) is 0 Å². The molecule has 1 aromatic heterocycles. The third-order valence-corrected chi connectivity index (χ3v) is 4.47. The van der Waals surface area contributed by atoms with Crippen molar-refractivity contribution in [2.24, 2.45) is 0 Å². The van der Waals surface area contributed by atoms with Crippen LogP contribution >= 0.6 is 23.2 Å². The number of carbonyl (C=O) groups is 1. The van der Waals surface area contributed by atoms with Gasteiger partial charge in [-0.1, -0.05) is 23.2 Å². The number of carbonyl (C=O) groups excluding carboxylic acids is 1. The molecule has 3 rings (SSSR count). The Labute approximate surface area is 163 Å². The maximum absolute atomic E-state index is 13.1. The lowest BCUT2D eigenvalue weighted by molar-refractivity contribution is -0.122. The number of rotatable bonds is 4. The first-order valence-electron chi connectivity index (χ1n) is 7.91. The Hall–Kier alpha value is -2.57. The summed E-state index contributed by atoms with van der Waals surface area (Å²) in [7, 11) is 0. The van der Waals surface area contributed by atoms with E-state index in [1.165, 1.54) is 31.2 Å². The average Bonchev–Trinajstić information content (AvgIpc) is 2.58. The number of hydrogen-bond acceptors (Lipinski definition) is 4. The lowest BCUT2D eigenvalue weighted by Crippen LogP contribution is -2.30. The molecule has 0 aliphatic heterocycles. The average molecular weight is 410 g/mol. The summed E-state index contributed by atoms with van der Waals surface area (Å²) in [5.41, 5.74) is 0.773. The van der Waals surface area contributed by atoms with Gasteiger partial charge in [0.25, 0.3) is 5.91 Å². The molecule has 0 saturated carbocycles. The largest absolute Gasteiger partial charge is 0.479 e. The van der Waals surface area contributed by atoms with Crippen molar-refractivity contribution in [3.63, 3.8) is 0 Å². The summed E-state index contributed by atoms with van der Waals surface area (Å²) in [6, 6.07) is 8.04. The van der Waals surface area contributed by atoms with Crippen LogP contribution in [0.4, 0.5) is 10.1 Å². The monoisotopic (exact) mass is 409 g/mol. The second-order valence-electron chi connectivity index (χ2n) is 5.90. The number of halogens is 3. The molecule has 1 N–H and O–H groups in total. The third-order valence-electron chi connectivity index (χ3n) is 3.87. The molecule has 3 aromatic rings. The zero-order chi connectivity index (χ0) is 19.7. The molecule has 8 heteroatoms. The number of amides is 1. The van der Waals surface area contributed by atoms with Gasteiger partial charge >= 0.3 is 5.63 Å². The second-order valence-corrected chi connectivity index (χ2v) is 6.72. The quantitative estimate of drug-likeness (QED) is 0.618. The summed E-state index contributed by atoms with van der Waals surface area (Å²) in [4.78, 5) is 23.9. The Morgan fingerprint density at radius 2 is 1.93 bits per heavy atom. The minimum Gasteiger partial charge on any atom is -0.479 e. The fourth-order valence-corrected chi connectivity index (χ4v) is 2.90. The first-order chi connectivity index (χ1) is 12.7. The summed E-state index contributed by atoms with van der Waals surface area (Å²) in [5, 5.41) is 3.55. The molecule has 0 aliphatic rings. The van der Waals surface area contributed by atoms with Gasteiger partial charge in [0, 0.05) is 17.5 Å².